The van der Waals surface area contributed by atoms with Crippen LogP contribution in [0, 0.1) is 6.92 Å². The Balaban J connectivity index is 1.82. The molecule has 3 nitrogen and oxygen atoms in total. The van der Waals surface area contributed by atoms with Crippen LogP contribution >= 0.6 is 23.2 Å². The number of anilines is 1. The first-order chi connectivity index (χ1) is 9.54. The van der Waals surface area contributed by atoms with E-state index in [0.717, 1.165) is 11.3 Å². The molecule has 0 unspecified atom stereocenters. The molecule has 20 heavy (non-hydrogen) atoms. The Bertz CT molecular complexity index is 582. The van der Waals surface area contributed by atoms with Gasteiger partial charge in [0.05, 0.1) is 0 Å². The Kier molecular flexibility index (Phi) is 4.99. The lowest BCUT2D eigenvalue weighted by atomic mass is 10.2. The van der Waals surface area contributed by atoms with Gasteiger partial charge in [-0.15, -0.1) is 0 Å². The van der Waals surface area contributed by atoms with Crippen molar-refractivity contribution in [3.8, 4) is 11.5 Å². The fraction of sp³-hybridized carbons (Fsp3) is 0.200. The fourth-order valence-electron chi connectivity index (χ4n) is 1.64. The first-order valence-electron chi connectivity index (χ1n) is 6.12. The van der Waals surface area contributed by atoms with Crippen LogP contribution in [0.2, 0.25) is 10.0 Å². The summed E-state index contributed by atoms with van der Waals surface area (Å²) in [6, 6.07) is 10.7. The van der Waals surface area contributed by atoms with Crippen molar-refractivity contribution in [1.82, 2.24) is 0 Å². The quantitative estimate of drug-likeness (QED) is 0.660. The Hall–Kier alpha value is -1.58. The summed E-state index contributed by atoms with van der Waals surface area (Å²) in [5, 5.41) is 1.08. The molecule has 106 valence electrons. The third-order valence-electron chi connectivity index (χ3n) is 2.71. The lowest BCUT2D eigenvalue weighted by Gasteiger charge is -2.10. The predicted molar refractivity (Wildman–Crippen MR) is 83.0 cm³/mol. The summed E-state index contributed by atoms with van der Waals surface area (Å²) >= 11 is 11.8. The molecule has 2 rings (SSSR count). The van der Waals surface area contributed by atoms with E-state index in [1.54, 1.807) is 24.3 Å². The van der Waals surface area contributed by atoms with Gasteiger partial charge in [0.15, 0.2) is 0 Å². The monoisotopic (exact) mass is 311 g/mol. The number of nitrogens with two attached hydrogens (primary N) is 1. The summed E-state index contributed by atoms with van der Waals surface area (Å²) in [5.74, 6) is 1.34. The van der Waals surface area contributed by atoms with Gasteiger partial charge >= 0.3 is 0 Å². The van der Waals surface area contributed by atoms with Gasteiger partial charge in [-0.2, -0.15) is 0 Å². The average molecular weight is 312 g/mol. The minimum Gasteiger partial charge on any atom is -0.490 e. The first-order valence-corrected chi connectivity index (χ1v) is 6.88. The maximum absolute atomic E-state index is 5.88. The van der Waals surface area contributed by atoms with Crippen LogP contribution < -0.4 is 15.2 Å². The van der Waals surface area contributed by atoms with E-state index in [1.165, 1.54) is 0 Å². The molecule has 0 heterocycles. The Morgan fingerprint density at radius 3 is 2.10 bits per heavy atom. The molecular weight excluding hydrogens is 297 g/mol. The number of halogens is 2. The van der Waals surface area contributed by atoms with Crippen molar-refractivity contribution in [2.75, 3.05) is 18.9 Å². The molecule has 0 aliphatic rings. The van der Waals surface area contributed by atoms with E-state index in [9.17, 15) is 0 Å². The van der Waals surface area contributed by atoms with Crippen LogP contribution in [0.5, 0.6) is 11.5 Å². The number of ether oxygens (including phenoxy) is 2. The van der Waals surface area contributed by atoms with Gasteiger partial charge in [0.2, 0.25) is 0 Å². The fourth-order valence-corrected chi connectivity index (χ4v) is 2.15. The maximum Gasteiger partial charge on any atom is 0.122 e. The van der Waals surface area contributed by atoms with Gasteiger partial charge < -0.3 is 15.2 Å². The molecule has 0 aliphatic heterocycles. The summed E-state index contributed by atoms with van der Waals surface area (Å²) in [4.78, 5) is 0. The van der Waals surface area contributed by atoms with Crippen molar-refractivity contribution in [1.29, 1.82) is 0 Å². The van der Waals surface area contributed by atoms with Gasteiger partial charge in [-0.05, 0) is 36.8 Å². The Morgan fingerprint density at radius 2 is 1.50 bits per heavy atom. The Labute approximate surface area is 128 Å². The average Bonchev–Trinajstić information content (AvgIpc) is 2.38. The summed E-state index contributed by atoms with van der Waals surface area (Å²) in [5.41, 5.74) is 7.55. The summed E-state index contributed by atoms with van der Waals surface area (Å²) in [6.45, 7) is 2.75. The first kappa shape index (κ1) is 14.8. The molecule has 0 saturated heterocycles. The molecular formula is C15H15Cl2NO2. The minimum absolute atomic E-state index is 0.393. The second-order valence-electron chi connectivity index (χ2n) is 4.32. The molecule has 2 aromatic carbocycles. The zero-order valence-corrected chi connectivity index (χ0v) is 12.5. The van der Waals surface area contributed by atoms with Crippen LogP contribution in [0.25, 0.3) is 0 Å². The second-order valence-corrected chi connectivity index (χ2v) is 5.19. The highest BCUT2D eigenvalue weighted by molar-refractivity contribution is 6.34. The molecule has 5 heteroatoms. The van der Waals surface area contributed by atoms with Gasteiger partial charge in [-0.25, -0.2) is 0 Å². The van der Waals surface area contributed by atoms with Crippen molar-refractivity contribution in [2.24, 2.45) is 0 Å². The van der Waals surface area contributed by atoms with Gasteiger partial charge in [0.1, 0.15) is 24.7 Å². The SMILES string of the molecule is Cc1ccc(OCCOc2cc(Cl)cc(Cl)c2)cc1N. The van der Waals surface area contributed by atoms with Crippen molar-refractivity contribution >= 4 is 28.9 Å². The van der Waals surface area contributed by atoms with Crippen molar-refractivity contribution in [3.63, 3.8) is 0 Å². The molecule has 0 radical (unpaired) electrons. The number of hydrogen-bond acceptors (Lipinski definition) is 3. The lowest BCUT2D eigenvalue weighted by Crippen LogP contribution is -2.09. The molecule has 0 aliphatic carbocycles. The zero-order chi connectivity index (χ0) is 14.5. The topological polar surface area (TPSA) is 44.5 Å². The molecule has 0 saturated carbocycles. The maximum atomic E-state index is 5.88. The number of hydrogen-bond donors (Lipinski definition) is 1. The van der Waals surface area contributed by atoms with Crippen LogP contribution in [-0.4, -0.2) is 13.2 Å². The minimum atomic E-state index is 0.393. The van der Waals surface area contributed by atoms with Gasteiger partial charge in [0.25, 0.3) is 0 Å². The molecule has 0 spiro atoms. The third-order valence-corrected chi connectivity index (χ3v) is 3.14. The molecule has 0 amide bonds. The van der Waals surface area contributed by atoms with Gasteiger partial charge in [-0.3, -0.25) is 0 Å². The van der Waals surface area contributed by atoms with E-state index in [2.05, 4.69) is 0 Å². The molecule has 0 aromatic heterocycles. The van der Waals surface area contributed by atoms with Crippen LogP contribution in [0.3, 0.4) is 0 Å². The lowest BCUT2D eigenvalue weighted by molar-refractivity contribution is 0.217. The van der Waals surface area contributed by atoms with Crippen molar-refractivity contribution in [3.05, 3.63) is 52.0 Å². The Morgan fingerprint density at radius 1 is 0.900 bits per heavy atom. The summed E-state index contributed by atoms with van der Waals surface area (Å²) in [6.07, 6.45) is 0. The summed E-state index contributed by atoms with van der Waals surface area (Å²) in [7, 11) is 0. The van der Waals surface area contributed by atoms with Crippen molar-refractivity contribution in [2.45, 2.75) is 6.92 Å². The van der Waals surface area contributed by atoms with Crippen LogP contribution in [-0.2, 0) is 0 Å². The zero-order valence-electron chi connectivity index (χ0n) is 11.0. The number of benzene rings is 2. The molecule has 0 atom stereocenters. The third kappa shape index (κ3) is 4.22. The number of nitrogen functional groups attached to an aromatic ring is 1. The molecule has 2 aromatic rings. The van der Waals surface area contributed by atoms with E-state index >= 15 is 0 Å². The van der Waals surface area contributed by atoms with E-state index in [-0.39, 0.29) is 0 Å². The standard InChI is InChI=1S/C15H15Cl2NO2/c1-10-2-3-13(9-15(10)18)19-4-5-20-14-7-11(16)6-12(17)8-14/h2-3,6-9H,4-5,18H2,1H3. The highest BCUT2D eigenvalue weighted by Crippen LogP contribution is 2.24. The highest BCUT2D eigenvalue weighted by Gasteiger charge is 2.01. The van der Waals surface area contributed by atoms with E-state index in [4.69, 9.17) is 38.4 Å². The number of rotatable bonds is 5. The van der Waals surface area contributed by atoms with E-state index < -0.39 is 0 Å². The second kappa shape index (κ2) is 6.73. The summed E-state index contributed by atoms with van der Waals surface area (Å²) < 4.78 is 11.1. The largest absolute Gasteiger partial charge is 0.490 e. The smallest absolute Gasteiger partial charge is 0.122 e. The molecule has 0 bridgehead atoms. The van der Waals surface area contributed by atoms with Crippen LogP contribution in [0.15, 0.2) is 36.4 Å². The molecule has 0 fully saturated rings. The van der Waals surface area contributed by atoms with Crippen LogP contribution in [0.4, 0.5) is 5.69 Å². The van der Waals surface area contributed by atoms with Gasteiger partial charge in [-0.1, -0.05) is 29.3 Å². The normalized spacial score (nSPS) is 10.3. The highest BCUT2D eigenvalue weighted by atomic mass is 35.5. The van der Waals surface area contributed by atoms with E-state index in [1.807, 2.05) is 19.1 Å². The predicted octanol–water partition coefficient (Wildman–Crippen LogP) is 4.34. The van der Waals surface area contributed by atoms with E-state index in [0.29, 0.717) is 34.7 Å². The number of aryl methyl sites for hydroxylation is 1. The molecule has 2 N–H and O–H groups in total. The van der Waals surface area contributed by atoms with Crippen LogP contribution in [0.1, 0.15) is 5.56 Å². The van der Waals surface area contributed by atoms with Crippen molar-refractivity contribution < 1.29 is 9.47 Å². The van der Waals surface area contributed by atoms with Gasteiger partial charge in [0, 0.05) is 21.8 Å².